The number of hydrogen-bond donors (Lipinski definition) is 1. The lowest BCUT2D eigenvalue weighted by molar-refractivity contribution is 0.0918. The van der Waals surface area contributed by atoms with Gasteiger partial charge in [0.05, 0.1) is 12.8 Å². The molecule has 0 aliphatic heterocycles. The average Bonchev–Trinajstić information content (AvgIpc) is 2.20. The Balaban J connectivity index is 2.50. The predicted octanol–water partition coefficient (Wildman–Crippen LogP) is 1.39. The van der Waals surface area contributed by atoms with Crippen LogP contribution in [0.1, 0.15) is 19.5 Å². The molecular formula is C12H20N2O2. The van der Waals surface area contributed by atoms with E-state index in [1.165, 1.54) is 0 Å². The number of pyridine rings is 1. The fourth-order valence-corrected chi connectivity index (χ4v) is 1.43. The number of nitrogens with two attached hydrogens (primary N) is 1. The summed E-state index contributed by atoms with van der Waals surface area (Å²) in [6.07, 6.45) is 2.55. The molecule has 0 radical (unpaired) electrons. The zero-order chi connectivity index (χ0) is 12.0. The Kier molecular flexibility index (Phi) is 5.22. The van der Waals surface area contributed by atoms with Crippen molar-refractivity contribution in [2.75, 3.05) is 13.7 Å². The van der Waals surface area contributed by atoms with Crippen molar-refractivity contribution in [3.8, 4) is 5.75 Å². The van der Waals surface area contributed by atoms with Gasteiger partial charge in [0.1, 0.15) is 11.9 Å². The Morgan fingerprint density at radius 2 is 2.12 bits per heavy atom. The van der Waals surface area contributed by atoms with Gasteiger partial charge in [0.2, 0.25) is 0 Å². The minimum absolute atomic E-state index is 0.0334. The second-order valence-electron chi connectivity index (χ2n) is 4.05. The molecule has 4 nitrogen and oxygen atoms in total. The van der Waals surface area contributed by atoms with Crippen LogP contribution < -0.4 is 10.5 Å². The third kappa shape index (κ3) is 4.59. The van der Waals surface area contributed by atoms with E-state index in [-0.39, 0.29) is 12.1 Å². The molecule has 2 N–H and O–H groups in total. The lowest BCUT2D eigenvalue weighted by atomic mass is 10.2. The average molecular weight is 224 g/mol. The maximum absolute atomic E-state index is 5.69. The van der Waals surface area contributed by atoms with Gasteiger partial charge in [0.15, 0.2) is 0 Å². The van der Waals surface area contributed by atoms with Gasteiger partial charge in [-0.1, -0.05) is 0 Å². The highest BCUT2D eigenvalue weighted by Gasteiger charge is 2.04. The van der Waals surface area contributed by atoms with E-state index < -0.39 is 0 Å². The number of rotatable bonds is 6. The first-order valence-electron chi connectivity index (χ1n) is 5.48. The maximum Gasteiger partial charge on any atom is 0.138 e. The summed E-state index contributed by atoms with van der Waals surface area (Å²) >= 11 is 0. The summed E-state index contributed by atoms with van der Waals surface area (Å²) in [5.41, 5.74) is 6.68. The highest BCUT2D eigenvalue weighted by Crippen LogP contribution is 2.12. The number of nitrogens with zero attached hydrogens (tertiary/aromatic N) is 1. The Morgan fingerprint density at radius 3 is 2.62 bits per heavy atom. The first kappa shape index (κ1) is 12.9. The summed E-state index contributed by atoms with van der Waals surface area (Å²) < 4.78 is 10.6. The number of methoxy groups -OCH3 is 1. The number of hydrogen-bond acceptors (Lipinski definition) is 4. The molecule has 0 amide bonds. The third-order valence-electron chi connectivity index (χ3n) is 2.07. The topological polar surface area (TPSA) is 57.4 Å². The third-order valence-corrected chi connectivity index (χ3v) is 2.07. The van der Waals surface area contributed by atoms with E-state index in [9.17, 15) is 0 Å². The normalized spacial score (nSPS) is 14.5. The van der Waals surface area contributed by atoms with Crippen LogP contribution in [-0.4, -0.2) is 30.8 Å². The molecule has 0 bridgehead atoms. The van der Waals surface area contributed by atoms with Crippen LogP contribution in [0.3, 0.4) is 0 Å². The fraction of sp³-hybridized carbons (Fsp3) is 0.583. The lowest BCUT2D eigenvalue weighted by Gasteiger charge is -2.13. The van der Waals surface area contributed by atoms with Crippen molar-refractivity contribution >= 4 is 0 Å². The van der Waals surface area contributed by atoms with Gasteiger partial charge in [-0.25, -0.2) is 0 Å². The van der Waals surface area contributed by atoms with Crippen molar-refractivity contribution < 1.29 is 9.47 Å². The van der Waals surface area contributed by atoms with Gasteiger partial charge < -0.3 is 15.2 Å². The molecule has 16 heavy (non-hydrogen) atoms. The second kappa shape index (κ2) is 6.45. The summed E-state index contributed by atoms with van der Waals surface area (Å²) in [6.45, 7) is 4.49. The van der Waals surface area contributed by atoms with E-state index in [4.69, 9.17) is 15.2 Å². The summed E-state index contributed by atoms with van der Waals surface area (Å²) in [7, 11) is 1.66. The number of ether oxygens (including phenoxy) is 2. The second-order valence-corrected chi connectivity index (χ2v) is 4.05. The molecule has 0 aromatic carbocycles. The molecular weight excluding hydrogens is 204 g/mol. The Labute approximate surface area is 96.8 Å². The number of aromatic nitrogens is 1. The molecule has 1 heterocycles. The minimum atomic E-state index is 0.0334. The van der Waals surface area contributed by atoms with Crippen LogP contribution in [0.25, 0.3) is 0 Å². The van der Waals surface area contributed by atoms with Gasteiger partial charge in [0, 0.05) is 25.3 Å². The van der Waals surface area contributed by atoms with Crippen LogP contribution in [0, 0.1) is 0 Å². The fourth-order valence-electron chi connectivity index (χ4n) is 1.43. The van der Waals surface area contributed by atoms with Crippen LogP contribution in [0.2, 0.25) is 0 Å². The first-order valence-corrected chi connectivity index (χ1v) is 5.48. The largest absolute Gasteiger partial charge is 0.487 e. The van der Waals surface area contributed by atoms with Crippen LogP contribution >= 0.6 is 0 Å². The van der Waals surface area contributed by atoms with Crippen LogP contribution in [0.4, 0.5) is 0 Å². The van der Waals surface area contributed by atoms with Crippen molar-refractivity contribution in [3.63, 3.8) is 0 Å². The van der Waals surface area contributed by atoms with Gasteiger partial charge in [-0.15, -0.1) is 0 Å². The highest BCUT2D eigenvalue weighted by molar-refractivity contribution is 5.20. The van der Waals surface area contributed by atoms with Crippen molar-refractivity contribution in [2.24, 2.45) is 5.73 Å². The summed E-state index contributed by atoms with van der Waals surface area (Å²) in [5.74, 6) is 0.762. The monoisotopic (exact) mass is 224 g/mol. The van der Waals surface area contributed by atoms with E-state index in [2.05, 4.69) is 4.98 Å². The predicted molar refractivity (Wildman–Crippen MR) is 63.6 cm³/mol. The maximum atomic E-state index is 5.69. The standard InChI is InChI=1S/C12H20N2O2/c1-9(13)6-11-4-5-12(7-14-11)16-10(2)8-15-3/h4-5,7,9-10H,6,8,13H2,1-3H3. The lowest BCUT2D eigenvalue weighted by Crippen LogP contribution is -2.19. The molecule has 0 saturated heterocycles. The molecule has 1 aromatic heterocycles. The summed E-state index contributed by atoms with van der Waals surface area (Å²) in [6, 6.07) is 3.99. The van der Waals surface area contributed by atoms with E-state index in [0.717, 1.165) is 17.9 Å². The van der Waals surface area contributed by atoms with Crippen molar-refractivity contribution in [1.82, 2.24) is 4.98 Å². The van der Waals surface area contributed by atoms with Gasteiger partial charge in [0.25, 0.3) is 0 Å². The Bertz CT molecular complexity index is 298. The first-order chi connectivity index (χ1) is 7.61. The molecule has 0 spiro atoms. The van der Waals surface area contributed by atoms with Crippen LogP contribution in [-0.2, 0) is 11.2 Å². The molecule has 1 rings (SSSR count). The summed E-state index contributed by atoms with van der Waals surface area (Å²) in [4.78, 5) is 4.29. The van der Waals surface area contributed by atoms with Crippen LogP contribution in [0.5, 0.6) is 5.75 Å². The van der Waals surface area contributed by atoms with E-state index in [0.29, 0.717) is 6.61 Å². The van der Waals surface area contributed by atoms with E-state index in [1.807, 2.05) is 26.0 Å². The van der Waals surface area contributed by atoms with Crippen LogP contribution in [0.15, 0.2) is 18.3 Å². The molecule has 90 valence electrons. The van der Waals surface area contributed by atoms with Gasteiger partial charge in [-0.2, -0.15) is 0 Å². The van der Waals surface area contributed by atoms with Crippen molar-refractivity contribution in [3.05, 3.63) is 24.0 Å². The molecule has 1 aromatic rings. The van der Waals surface area contributed by atoms with Crippen molar-refractivity contribution in [1.29, 1.82) is 0 Å². The SMILES string of the molecule is COCC(C)Oc1ccc(CC(C)N)nc1. The molecule has 2 unspecified atom stereocenters. The summed E-state index contributed by atoms with van der Waals surface area (Å²) in [5, 5.41) is 0. The van der Waals surface area contributed by atoms with Crippen molar-refractivity contribution in [2.45, 2.75) is 32.4 Å². The van der Waals surface area contributed by atoms with E-state index >= 15 is 0 Å². The quantitative estimate of drug-likeness (QED) is 0.793. The zero-order valence-corrected chi connectivity index (χ0v) is 10.1. The Hall–Kier alpha value is -1.13. The molecule has 0 aliphatic rings. The molecule has 0 aliphatic carbocycles. The van der Waals surface area contributed by atoms with Gasteiger partial charge in [-0.05, 0) is 26.0 Å². The highest BCUT2D eigenvalue weighted by atomic mass is 16.5. The molecule has 0 fully saturated rings. The zero-order valence-electron chi connectivity index (χ0n) is 10.1. The molecule has 4 heteroatoms. The van der Waals surface area contributed by atoms with Gasteiger partial charge in [-0.3, -0.25) is 4.98 Å². The molecule has 2 atom stereocenters. The van der Waals surface area contributed by atoms with Gasteiger partial charge >= 0.3 is 0 Å². The van der Waals surface area contributed by atoms with E-state index in [1.54, 1.807) is 13.3 Å². The molecule has 0 saturated carbocycles. The Morgan fingerprint density at radius 1 is 1.38 bits per heavy atom. The minimum Gasteiger partial charge on any atom is -0.487 e. The smallest absolute Gasteiger partial charge is 0.138 e.